The quantitative estimate of drug-likeness (QED) is 0.754. The molecule has 1 aromatic heterocycles. The van der Waals surface area contributed by atoms with Gasteiger partial charge in [-0.25, -0.2) is 0 Å². The molecule has 0 N–H and O–H groups in total. The average Bonchev–Trinajstić information content (AvgIpc) is 2.18. The van der Waals surface area contributed by atoms with Gasteiger partial charge in [-0.15, -0.1) is 0 Å². The van der Waals surface area contributed by atoms with E-state index >= 15 is 0 Å². The zero-order valence-electron chi connectivity index (χ0n) is 8.78. The molecule has 0 atom stereocenters. The van der Waals surface area contributed by atoms with Gasteiger partial charge in [0, 0.05) is 36.9 Å². The van der Waals surface area contributed by atoms with E-state index < -0.39 is 0 Å². The van der Waals surface area contributed by atoms with Crippen LogP contribution < -0.4 is 0 Å². The third kappa shape index (κ3) is 3.76. The maximum absolute atomic E-state index is 4.12. The van der Waals surface area contributed by atoms with E-state index in [9.17, 15) is 0 Å². The van der Waals surface area contributed by atoms with Gasteiger partial charge in [0.2, 0.25) is 0 Å². The van der Waals surface area contributed by atoms with Crippen molar-refractivity contribution < 1.29 is 0 Å². The number of hydrogen-bond donors (Lipinski definition) is 0. The molecule has 0 fully saturated rings. The fourth-order valence-electron chi connectivity index (χ4n) is 1.35. The molecule has 0 amide bonds. The molecule has 0 bridgehead atoms. The number of nitrogens with zero attached hydrogens (tertiary/aromatic N) is 2. The summed E-state index contributed by atoms with van der Waals surface area (Å²) in [5, 5.41) is 1.02. The summed E-state index contributed by atoms with van der Waals surface area (Å²) < 4.78 is 0. The first kappa shape index (κ1) is 11.7. The molecule has 0 spiro atoms. The third-order valence-electron chi connectivity index (χ3n) is 2.21. The SMILES string of the molecule is CC(C)N(CCBr)Cc1cccnc1. The van der Waals surface area contributed by atoms with Gasteiger partial charge in [-0.3, -0.25) is 9.88 Å². The van der Waals surface area contributed by atoms with Crippen LogP contribution in [0.4, 0.5) is 0 Å². The van der Waals surface area contributed by atoms with E-state index in [1.807, 2.05) is 18.5 Å². The molecule has 1 heterocycles. The standard InChI is InChI=1S/C11H17BrN2/c1-10(2)14(7-5-12)9-11-4-3-6-13-8-11/h3-4,6,8,10H,5,7,9H2,1-2H3. The second-order valence-electron chi connectivity index (χ2n) is 3.61. The summed E-state index contributed by atoms with van der Waals surface area (Å²) in [6, 6.07) is 4.69. The number of rotatable bonds is 5. The lowest BCUT2D eigenvalue weighted by molar-refractivity contribution is 0.227. The Morgan fingerprint density at radius 1 is 1.50 bits per heavy atom. The van der Waals surface area contributed by atoms with Crippen molar-refractivity contribution in [3.8, 4) is 0 Å². The Hall–Kier alpha value is -0.410. The first-order valence-electron chi connectivity index (χ1n) is 4.93. The minimum absolute atomic E-state index is 0.577. The summed E-state index contributed by atoms with van der Waals surface area (Å²) in [5.74, 6) is 0. The van der Waals surface area contributed by atoms with Crippen LogP contribution in [0.2, 0.25) is 0 Å². The van der Waals surface area contributed by atoms with Crippen molar-refractivity contribution in [1.29, 1.82) is 0 Å². The summed E-state index contributed by atoms with van der Waals surface area (Å²) in [4.78, 5) is 6.54. The molecule has 0 aromatic carbocycles. The molecule has 1 aromatic rings. The van der Waals surface area contributed by atoms with E-state index in [4.69, 9.17) is 0 Å². The van der Waals surface area contributed by atoms with Crippen LogP contribution in [0.15, 0.2) is 24.5 Å². The van der Waals surface area contributed by atoms with Crippen molar-refractivity contribution in [3.63, 3.8) is 0 Å². The van der Waals surface area contributed by atoms with Gasteiger partial charge in [0.1, 0.15) is 0 Å². The molecule has 0 unspecified atom stereocenters. The fourth-order valence-corrected chi connectivity index (χ4v) is 1.81. The van der Waals surface area contributed by atoms with Crippen molar-refractivity contribution in [2.75, 3.05) is 11.9 Å². The van der Waals surface area contributed by atoms with E-state index in [1.165, 1.54) is 5.56 Å². The van der Waals surface area contributed by atoms with Gasteiger partial charge in [0.25, 0.3) is 0 Å². The van der Waals surface area contributed by atoms with Gasteiger partial charge < -0.3 is 0 Å². The van der Waals surface area contributed by atoms with Crippen LogP contribution >= 0.6 is 15.9 Å². The number of halogens is 1. The lowest BCUT2D eigenvalue weighted by Crippen LogP contribution is -2.31. The van der Waals surface area contributed by atoms with Crippen molar-refractivity contribution >= 4 is 15.9 Å². The Bertz CT molecular complexity index is 249. The second kappa shape index (κ2) is 6.14. The third-order valence-corrected chi connectivity index (χ3v) is 2.57. The lowest BCUT2D eigenvalue weighted by Gasteiger charge is -2.25. The van der Waals surface area contributed by atoms with Crippen LogP contribution in [0, 0.1) is 0 Å². The summed E-state index contributed by atoms with van der Waals surface area (Å²) in [7, 11) is 0. The topological polar surface area (TPSA) is 16.1 Å². The Labute approximate surface area is 94.5 Å². The van der Waals surface area contributed by atoms with E-state index in [1.54, 1.807) is 0 Å². The number of hydrogen-bond acceptors (Lipinski definition) is 2. The van der Waals surface area contributed by atoms with Gasteiger partial charge in [-0.1, -0.05) is 22.0 Å². The molecule has 78 valence electrons. The number of aromatic nitrogens is 1. The lowest BCUT2D eigenvalue weighted by atomic mass is 10.2. The smallest absolute Gasteiger partial charge is 0.0312 e. The zero-order chi connectivity index (χ0) is 10.4. The van der Waals surface area contributed by atoms with Gasteiger partial charge >= 0.3 is 0 Å². The Kier molecular flexibility index (Phi) is 5.12. The maximum Gasteiger partial charge on any atom is 0.0312 e. The largest absolute Gasteiger partial charge is 0.296 e. The van der Waals surface area contributed by atoms with E-state index in [-0.39, 0.29) is 0 Å². The molecule has 0 aliphatic rings. The summed E-state index contributed by atoms with van der Waals surface area (Å²) in [5.41, 5.74) is 1.28. The first-order valence-corrected chi connectivity index (χ1v) is 6.05. The molecule has 3 heteroatoms. The predicted octanol–water partition coefficient (Wildman–Crippen LogP) is 2.69. The zero-order valence-corrected chi connectivity index (χ0v) is 10.4. The maximum atomic E-state index is 4.12. The van der Waals surface area contributed by atoms with Crippen LogP contribution in [-0.2, 0) is 6.54 Å². The second-order valence-corrected chi connectivity index (χ2v) is 4.41. The average molecular weight is 257 g/mol. The van der Waals surface area contributed by atoms with Gasteiger partial charge in [0.05, 0.1) is 0 Å². The summed E-state index contributed by atoms with van der Waals surface area (Å²) in [6.45, 7) is 6.50. The van der Waals surface area contributed by atoms with E-state index in [0.29, 0.717) is 6.04 Å². The van der Waals surface area contributed by atoms with Crippen LogP contribution in [0.5, 0.6) is 0 Å². The van der Waals surface area contributed by atoms with Crippen molar-refractivity contribution in [1.82, 2.24) is 9.88 Å². The molecule has 0 radical (unpaired) electrons. The Morgan fingerprint density at radius 2 is 2.29 bits per heavy atom. The summed E-state index contributed by atoms with van der Waals surface area (Å²) in [6.07, 6.45) is 3.75. The van der Waals surface area contributed by atoms with Crippen LogP contribution in [0.3, 0.4) is 0 Å². The van der Waals surface area contributed by atoms with Crippen LogP contribution in [0.1, 0.15) is 19.4 Å². The van der Waals surface area contributed by atoms with Crippen molar-refractivity contribution in [2.45, 2.75) is 26.4 Å². The molecule has 0 aliphatic heterocycles. The van der Waals surface area contributed by atoms with Crippen molar-refractivity contribution in [2.24, 2.45) is 0 Å². The first-order chi connectivity index (χ1) is 6.74. The normalized spacial score (nSPS) is 11.2. The van der Waals surface area contributed by atoms with Gasteiger partial charge in [-0.2, -0.15) is 0 Å². The van der Waals surface area contributed by atoms with Gasteiger partial charge in [-0.05, 0) is 25.5 Å². The molecule has 1 rings (SSSR count). The monoisotopic (exact) mass is 256 g/mol. The predicted molar refractivity (Wildman–Crippen MR) is 63.6 cm³/mol. The Balaban J connectivity index is 2.55. The highest BCUT2D eigenvalue weighted by atomic mass is 79.9. The molecule has 2 nitrogen and oxygen atoms in total. The molecular weight excluding hydrogens is 240 g/mol. The highest BCUT2D eigenvalue weighted by Gasteiger charge is 2.08. The Morgan fingerprint density at radius 3 is 2.79 bits per heavy atom. The molecule has 0 aliphatic carbocycles. The highest BCUT2D eigenvalue weighted by molar-refractivity contribution is 9.09. The fraction of sp³-hybridized carbons (Fsp3) is 0.545. The van der Waals surface area contributed by atoms with Crippen LogP contribution in [-0.4, -0.2) is 27.8 Å². The molecule has 14 heavy (non-hydrogen) atoms. The number of pyridine rings is 1. The molecule has 0 saturated carbocycles. The minimum Gasteiger partial charge on any atom is -0.296 e. The van der Waals surface area contributed by atoms with E-state index in [0.717, 1.165) is 18.4 Å². The van der Waals surface area contributed by atoms with Crippen molar-refractivity contribution in [3.05, 3.63) is 30.1 Å². The minimum atomic E-state index is 0.577. The summed E-state index contributed by atoms with van der Waals surface area (Å²) >= 11 is 3.47. The van der Waals surface area contributed by atoms with E-state index in [2.05, 4.69) is 45.7 Å². The van der Waals surface area contributed by atoms with Gasteiger partial charge in [0.15, 0.2) is 0 Å². The van der Waals surface area contributed by atoms with Crippen LogP contribution in [0.25, 0.3) is 0 Å². The molecule has 0 saturated heterocycles. The molecular formula is C11H17BrN2. The highest BCUT2D eigenvalue weighted by Crippen LogP contribution is 2.07. The number of alkyl halides is 1.